The molecule has 0 aliphatic rings. The summed E-state index contributed by atoms with van der Waals surface area (Å²) < 4.78 is 46.1. The molecular formula is C27H26F3NO4. The molecule has 0 bridgehead atoms. The Hall–Kier alpha value is -3.81. The van der Waals surface area contributed by atoms with Crippen molar-refractivity contribution in [3.63, 3.8) is 0 Å². The molecule has 0 aliphatic carbocycles. The maximum absolute atomic E-state index is 13.5. The van der Waals surface area contributed by atoms with Crippen LogP contribution in [0.1, 0.15) is 47.8 Å². The van der Waals surface area contributed by atoms with Crippen LogP contribution in [-0.4, -0.2) is 23.2 Å². The van der Waals surface area contributed by atoms with Crippen molar-refractivity contribution in [2.75, 3.05) is 4.90 Å². The summed E-state index contributed by atoms with van der Waals surface area (Å²) >= 11 is 0. The molecule has 0 saturated heterocycles. The number of ether oxygens (including phenoxy) is 1. The van der Waals surface area contributed by atoms with Gasteiger partial charge >= 0.3 is 18.1 Å². The molecule has 8 heteroatoms. The Labute approximate surface area is 201 Å². The molecule has 0 saturated carbocycles. The van der Waals surface area contributed by atoms with Crippen LogP contribution in [0.3, 0.4) is 0 Å². The molecule has 0 unspecified atom stereocenters. The van der Waals surface area contributed by atoms with Crippen LogP contribution in [0.25, 0.3) is 0 Å². The first kappa shape index (κ1) is 25.8. The summed E-state index contributed by atoms with van der Waals surface area (Å²) in [6, 6.07) is 19.3. The molecule has 0 fully saturated rings. The van der Waals surface area contributed by atoms with Gasteiger partial charge in [-0.25, -0.2) is 4.79 Å². The average molecular weight is 486 g/mol. The Morgan fingerprint density at radius 3 is 2.06 bits per heavy atom. The van der Waals surface area contributed by atoms with Crippen molar-refractivity contribution in [1.29, 1.82) is 0 Å². The molecule has 0 heterocycles. The molecule has 3 aromatic rings. The standard InChI is InChI=1S/C27H26F3NO4/c1-26(2,3)20-11-9-18(10-12-20)16-31(25(34)27(28,29)30)21-13-14-22(24(32)33)23(15-21)35-17-19-7-5-4-6-8-19/h4-15H,16-17H2,1-3H3,(H,32,33). The van der Waals surface area contributed by atoms with E-state index in [9.17, 15) is 27.9 Å². The molecule has 3 rings (SSSR count). The van der Waals surface area contributed by atoms with Gasteiger partial charge in [0.25, 0.3) is 0 Å². The fourth-order valence-electron chi connectivity index (χ4n) is 3.44. The lowest BCUT2D eigenvalue weighted by atomic mass is 9.87. The third-order valence-corrected chi connectivity index (χ3v) is 5.39. The van der Waals surface area contributed by atoms with Crippen LogP contribution in [0.4, 0.5) is 18.9 Å². The Morgan fingerprint density at radius 1 is 0.886 bits per heavy atom. The number of benzene rings is 3. The van der Waals surface area contributed by atoms with Gasteiger partial charge < -0.3 is 14.7 Å². The Kier molecular flexibility index (Phi) is 7.53. The number of anilines is 1. The van der Waals surface area contributed by atoms with E-state index in [0.717, 1.165) is 23.3 Å². The third kappa shape index (κ3) is 6.62. The maximum atomic E-state index is 13.5. The Bertz CT molecular complexity index is 1180. The summed E-state index contributed by atoms with van der Waals surface area (Å²) in [5.41, 5.74) is 1.75. The summed E-state index contributed by atoms with van der Waals surface area (Å²) in [6.45, 7) is 5.70. The molecule has 184 valence electrons. The van der Waals surface area contributed by atoms with Crippen LogP contribution < -0.4 is 9.64 Å². The van der Waals surface area contributed by atoms with Crippen LogP contribution >= 0.6 is 0 Å². The van der Waals surface area contributed by atoms with Crippen molar-refractivity contribution in [3.8, 4) is 5.75 Å². The van der Waals surface area contributed by atoms with E-state index in [1.807, 2.05) is 32.9 Å². The van der Waals surface area contributed by atoms with Gasteiger partial charge in [-0.15, -0.1) is 0 Å². The summed E-state index contributed by atoms with van der Waals surface area (Å²) in [6.07, 6.45) is -5.12. The van der Waals surface area contributed by atoms with Crippen molar-refractivity contribution in [3.05, 3.63) is 95.1 Å². The highest BCUT2D eigenvalue weighted by Gasteiger charge is 2.43. The number of carbonyl (C=O) groups excluding carboxylic acids is 1. The lowest BCUT2D eigenvalue weighted by Crippen LogP contribution is -2.40. The summed E-state index contributed by atoms with van der Waals surface area (Å²) in [5.74, 6) is -3.50. The molecule has 0 aromatic heterocycles. The van der Waals surface area contributed by atoms with Gasteiger partial charge in [0, 0.05) is 11.8 Å². The van der Waals surface area contributed by atoms with E-state index in [0.29, 0.717) is 10.5 Å². The minimum absolute atomic E-state index is 0.00601. The fraction of sp³-hybridized carbons (Fsp3) is 0.259. The Morgan fingerprint density at radius 2 is 1.51 bits per heavy atom. The fourth-order valence-corrected chi connectivity index (χ4v) is 3.44. The van der Waals surface area contributed by atoms with Crippen molar-refractivity contribution in [1.82, 2.24) is 0 Å². The number of carbonyl (C=O) groups is 2. The lowest BCUT2D eigenvalue weighted by Gasteiger charge is -2.25. The van der Waals surface area contributed by atoms with Gasteiger partial charge in [-0.1, -0.05) is 75.4 Å². The number of carboxylic acids is 1. The number of nitrogens with zero attached hydrogens (tertiary/aromatic N) is 1. The van der Waals surface area contributed by atoms with E-state index in [1.165, 1.54) is 6.07 Å². The van der Waals surface area contributed by atoms with Crippen LogP contribution in [-0.2, 0) is 23.4 Å². The highest BCUT2D eigenvalue weighted by Crippen LogP contribution is 2.31. The maximum Gasteiger partial charge on any atom is 0.471 e. The molecule has 0 aliphatic heterocycles. The second-order valence-electron chi connectivity index (χ2n) is 9.10. The quantitative estimate of drug-likeness (QED) is 0.423. The van der Waals surface area contributed by atoms with Crippen LogP contribution in [0.5, 0.6) is 5.75 Å². The molecule has 5 nitrogen and oxygen atoms in total. The van der Waals surface area contributed by atoms with Gasteiger partial charge in [0.05, 0.1) is 6.54 Å². The van der Waals surface area contributed by atoms with E-state index in [-0.39, 0.29) is 35.6 Å². The number of rotatable bonds is 7. The second kappa shape index (κ2) is 10.2. The predicted molar refractivity (Wildman–Crippen MR) is 127 cm³/mol. The van der Waals surface area contributed by atoms with Crippen LogP contribution in [0, 0.1) is 0 Å². The predicted octanol–water partition coefficient (Wildman–Crippen LogP) is 6.36. The van der Waals surface area contributed by atoms with Gasteiger partial charge in [0.1, 0.15) is 17.9 Å². The number of alkyl halides is 3. The lowest BCUT2D eigenvalue weighted by molar-refractivity contribution is -0.170. The summed E-state index contributed by atoms with van der Waals surface area (Å²) in [7, 11) is 0. The first-order chi connectivity index (χ1) is 16.4. The third-order valence-electron chi connectivity index (χ3n) is 5.39. The highest BCUT2D eigenvalue weighted by atomic mass is 19.4. The molecule has 0 spiro atoms. The normalized spacial score (nSPS) is 11.7. The largest absolute Gasteiger partial charge is 0.488 e. The van der Waals surface area contributed by atoms with Gasteiger partial charge in [0.15, 0.2) is 0 Å². The van der Waals surface area contributed by atoms with E-state index in [1.54, 1.807) is 42.5 Å². The number of hydrogen-bond acceptors (Lipinski definition) is 3. The van der Waals surface area contributed by atoms with E-state index in [2.05, 4.69) is 0 Å². The first-order valence-electron chi connectivity index (χ1n) is 10.9. The van der Waals surface area contributed by atoms with E-state index < -0.39 is 18.1 Å². The number of amides is 1. The Balaban J connectivity index is 1.97. The second-order valence-corrected chi connectivity index (χ2v) is 9.10. The summed E-state index contributed by atoms with van der Waals surface area (Å²) in [4.78, 5) is 24.6. The number of aromatic carboxylic acids is 1. The molecule has 1 N–H and O–H groups in total. The highest BCUT2D eigenvalue weighted by molar-refractivity contribution is 5.98. The van der Waals surface area contributed by atoms with Gasteiger partial charge in [-0.2, -0.15) is 13.2 Å². The molecule has 1 amide bonds. The minimum Gasteiger partial charge on any atom is -0.488 e. The molecule has 35 heavy (non-hydrogen) atoms. The van der Waals surface area contributed by atoms with Crippen LogP contribution in [0.2, 0.25) is 0 Å². The molecular weight excluding hydrogens is 459 g/mol. The van der Waals surface area contributed by atoms with Crippen molar-refractivity contribution in [2.24, 2.45) is 0 Å². The van der Waals surface area contributed by atoms with Crippen molar-refractivity contribution < 1.29 is 32.6 Å². The summed E-state index contributed by atoms with van der Waals surface area (Å²) in [5, 5.41) is 9.52. The van der Waals surface area contributed by atoms with Crippen molar-refractivity contribution >= 4 is 17.6 Å². The van der Waals surface area contributed by atoms with Gasteiger partial charge in [0.2, 0.25) is 0 Å². The molecule has 0 radical (unpaired) electrons. The van der Waals surface area contributed by atoms with Gasteiger partial charge in [-0.3, -0.25) is 4.79 Å². The zero-order valence-electron chi connectivity index (χ0n) is 19.6. The SMILES string of the molecule is CC(C)(C)c1ccc(CN(C(=O)C(F)(F)F)c2ccc(C(=O)O)c(OCc3ccccc3)c2)cc1. The minimum atomic E-state index is -5.12. The number of halogens is 3. The zero-order valence-corrected chi connectivity index (χ0v) is 19.6. The first-order valence-corrected chi connectivity index (χ1v) is 10.9. The topological polar surface area (TPSA) is 66.8 Å². The van der Waals surface area contributed by atoms with Crippen molar-refractivity contribution in [2.45, 2.75) is 45.5 Å². The average Bonchev–Trinajstić information content (AvgIpc) is 2.80. The molecule has 3 aromatic carbocycles. The van der Waals surface area contributed by atoms with E-state index in [4.69, 9.17) is 4.74 Å². The zero-order chi connectivity index (χ0) is 25.8. The number of hydrogen-bond donors (Lipinski definition) is 1. The van der Waals surface area contributed by atoms with Crippen LogP contribution in [0.15, 0.2) is 72.8 Å². The smallest absolute Gasteiger partial charge is 0.471 e. The molecule has 0 atom stereocenters. The number of carboxylic acid groups (broad SMARTS) is 1. The monoisotopic (exact) mass is 485 g/mol. The van der Waals surface area contributed by atoms with E-state index >= 15 is 0 Å². The van der Waals surface area contributed by atoms with Gasteiger partial charge in [-0.05, 0) is 34.2 Å².